The van der Waals surface area contributed by atoms with E-state index in [0.717, 1.165) is 11.3 Å². The minimum Gasteiger partial charge on any atom is -0.504 e. The molecule has 0 aliphatic carbocycles. The molecular weight excluding hydrogens is 379 g/mol. The van der Waals surface area contributed by atoms with Crippen LogP contribution in [0.5, 0.6) is 11.5 Å². The Morgan fingerprint density at radius 3 is 2.46 bits per heavy atom. The maximum atomic E-state index is 13.2. The van der Waals surface area contributed by atoms with E-state index in [4.69, 9.17) is 13.8 Å². The Labute approximate surface area is 166 Å². The summed E-state index contributed by atoms with van der Waals surface area (Å²) in [4.78, 5) is 4.12. The number of pyridine rings is 1. The summed E-state index contributed by atoms with van der Waals surface area (Å²) in [6.07, 6.45) is 3.50. The lowest BCUT2D eigenvalue weighted by atomic mass is 10.0. The highest BCUT2D eigenvalue weighted by atomic mass is 31.2. The van der Waals surface area contributed by atoms with Gasteiger partial charge in [-0.25, -0.2) is 0 Å². The van der Waals surface area contributed by atoms with E-state index in [2.05, 4.69) is 10.3 Å². The van der Waals surface area contributed by atoms with E-state index >= 15 is 0 Å². The van der Waals surface area contributed by atoms with Crippen LogP contribution >= 0.6 is 7.60 Å². The Hall–Kier alpha value is -2.08. The van der Waals surface area contributed by atoms with Crippen LogP contribution in [0.1, 0.15) is 37.9 Å². The summed E-state index contributed by atoms with van der Waals surface area (Å²) in [5.41, 5.74) is 2.25. The summed E-state index contributed by atoms with van der Waals surface area (Å²) in [7, 11) is -3.32. The molecule has 2 N–H and O–H groups in total. The number of aryl methyl sites for hydroxylation is 1. The van der Waals surface area contributed by atoms with Crippen molar-refractivity contribution in [3.05, 3.63) is 47.8 Å². The molecule has 1 atom stereocenters. The highest BCUT2D eigenvalue weighted by molar-refractivity contribution is 7.53. The second-order valence-corrected chi connectivity index (χ2v) is 8.29. The van der Waals surface area contributed by atoms with Crippen LogP contribution in [0.4, 0.5) is 5.69 Å². The van der Waals surface area contributed by atoms with Gasteiger partial charge in [-0.3, -0.25) is 9.55 Å². The van der Waals surface area contributed by atoms with Crippen LogP contribution in [0.25, 0.3) is 0 Å². The standard InChI is InChI=1S/C20H29N2O5P/c1-5-25-19-12-16(11-15(4)20(19)23)18(22-17-9-8-10-21-13-17)14-28(24,26-6-2)27-7-3/h8-13,18,22-23H,5-7,14H2,1-4H3. The fourth-order valence-electron chi connectivity index (χ4n) is 2.88. The summed E-state index contributed by atoms with van der Waals surface area (Å²) >= 11 is 0. The third kappa shape index (κ3) is 5.96. The van der Waals surface area contributed by atoms with Gasteiger partial charge in [0.2, 0.25) is 0 Å². The first-order valence-electron chi connectivity index (χ1n) is 9.43. The third-order valence-corrected chi connectivity index (χ3v) is 6.17. The largest absolute Gasteiger partial charge is 0.504 e. The number of rotatable bonds is 11. The molecule has 0 spiro atoms. The minimum atomic E-state index is -3.32. The maximum absolute atomic E-state index is 13.2. The number of ether oxygens (including phenoxy) is 1. The van der Waals surface area contributed by atoms with Crippen LogP contribution in [0, 0.1) is 6.92 Å². The molecule has 1 heterocycles. The van der Waals surface area contributed by atoms with E-state index < -0.39 is 13.6 Å². The van der Waals surface area contributed by atoms with Crippen molar-refractivity contribution in [1.29, 1.82) is 0 Å². The minimum absolute atomic E-state index is 0.100. The number of phenolic OH excluding ortho intramolecular Hbond substituents is 1. The van der Waals surface area contributed by atoms with E-state index in [1.54, 1.807) is 39.2 Å². The Balaban J connectivity index is 2.44. The SMILES string of the molecule is CCOc1cc(C(CP(=O)(OCC)OCC)Nc2cccnc2)cc(C)c1O. The molecule has 0 aliphatic rings. The van der Waals surface area contributed by atoms with Gasteiger partial charge in [-0.2, -0.15) is 0 Å². The number of nitrogens with one attached hydrogen (secondary N) is 1. The molecule has 154 valence electrons. The molecule has 8 heteroatoms. The quantitative estimate of drug-likeness (QED) is 0.510. The van der Waals surface area contributed by atoms with Gasteiger partial charge in [0.1, 0.15) is 0 Å². The molecule has 2 rings (SSSR count). The number of benzene rings is 1. The van der Waals surface area contributed by atoms with Gasteiger partial charge in [0.25, 0.3) is 0 Å². The summed E-state index contributed by atoms with van der Waals surface area (Å²) < 4.78 is 29.7. The number of phenols is 1. The average molecular weight is 408 g/mol. The van der Waals surface area contributed by atoms with Crippen molar-refractivity contribution in [1.82, 2.24) is 4.98 Å². The number of aromatic hydroxyl groups is 1. The van der Waals surface area contributed by atoms with Crippen LogP contribution in [-0.2, 0) is 13.6 Å². The Morgan fingerprint density at radius 2 is 1.89 bits per heavy atom. The second kappa shape index (κ2) is 10.5. The molecule has 0 saturated carbocycles. The predicted molar refractivity (Wildman–Crippen MR) is 110 cm³/mol. The lowest BCUT2D eigenvalue weighted by Gasteiger charge is -2.26. The first-order valence-corrected chi connectivity index (χ1v) is 11.2. The van der Waals surface area contributed by atoms with Crippen LogP contribution in [-0.4, -0.2) is 36.1 Å². The van der Waals surface area contributed by atoms with E-state index in [1.807, 2.05) is 25.1 Å². The van der Waals surface area contributed by atoms with E-state index in [0.29, 0.717) is 17.9 Å². The smallest absolute Gasteiger partial charge is 0.333 e. The molecule has 2 aromatic rings. The molecular formula is C20H29N2O5P. The summed E-state index contributed by atoms with van der Waals surface area (Å²) in [6.45, 7) is 8.22. The van der Waals surface area contributed by atoms with Crippen molar-refractivity contribution < 1.29 is 23.5 Å². The van der Waals surface area contributed by atoms with Gasteiger partial charge in [-0.05, 0) is 57.0 Å². The van der Waals surface area contributed by atoms with Crippen molar-refractivity contribution in [2.45, 2.75) is 33.7 Å². The van der Waals surface area contributed by atoms with Crippen LogP contribution < -0.4 is 10.1 Å². The number of aromatic nitrogens is 1. The summed E-state index contributed by atoms with van der Waals surface area (Å²) in [5.74, 6) is 0.488. The zero-order valence-corrected chi connectivity index (χ0v) is 17.7. The summed E-state index contributed by atoms with van der Waals surface area (Å²) in [6, 6.07) is 6.89. The highest BCUT2D eigenvalue weighted by Crippen LogP contribution is 2.51. The van der Waals surface area contributed by atoms with Crippen LogP contribution in [0.3, 0.4) is 0 Å². The number of hydrogen-bond acceptors (Lipinski definition) is 7. The number of anilines is 1. The number of hydrogen-bond donors (Lipinski definition) is 2. The van der Waals surface area contributed by atoms with Crippen molar-refractivity contribution >= 4 is 13.3 Å². The lowest BCUT2D eigenvalue weighted by molar-refractivity contribution is 0.219. The topological polar surface area (TPSA) is 89.9 Å². The van der Waals surface area contributed by atoms with E-state index in [9.17, 15) is 9.67 Å². The van der Waals surface area contributed by atoms with E-state index in [-0.39, 0.29) is 25.1 Å². The maximum Gasteiger partial charge on any atom is 0.333 e. The Kier molecular flexibility index (Phi) is 8.30. The highest BCUT2D eigenvalue weighted by Gasteiger charge is 2.30. The predicted octanol–water partition coefficient (Wildman–Crippen LogP) is 4.91. The van der Waals surface area contributed by atoms with Crippen LogP contribution in [0.2, 0.25) is 0 Å². The van der Waals surface area contributed by atoms with Crippen molar-refractivity contribution in [3.8, 4) is 11.5 Å². The molecule has 0 radical (unpaired) electrons. The molecule has 1 unspecified atom stereocenters. The van der Waals surface area contributed by atoms with Crippen LogP contribution in [0.15, 0.2) is 36.7 Å². The Morgan fingerprint density at radius 1 is 1.18 bits per heavy atom. The van der Waals surface area contributed by atoms with E-state index in [1.165, 1.54) is 0 Å². The van der Waals surface area contributed by atoms with Crippen molar-refractivity contribution in [3.63, 3.8) is 0 Å². The second-order valence-electron chi connectivity index (χ2n) is 6.19. The van der Waals surface area contributed by atoms with Crippen molar-refractivity contribution in [2.24, 2.45) is 0 Å². The molecule has 28 heavy (non-hydrogen) atoms. The third-order valence-electron chi connectivity index (χ3n) is 4.05. The zero-order valence-electron chi connectivity index (χ0n) is 16.8. The van der Waals surface area contributed by atoms with Gasteiger partial charge in [-0.15, -0.1) is 0 Å². The molecule has 0 saturated heterocycles. The molecule has 0 bridgehead atoms. The van der Waals surface area contributed by atoms with Gasteiger partial charge in [0.15, 0.2) is 11.5 Å². The molecule has 0 amide bonds. The zero-order chi connectivity index (χ0) is 20.6. The van der Waals surface area contributed by atoms with Gasteiger partial charge >= 0.3 is 7.60 Å². The van der Waals surface area contributed by atoms with Gasteiger partial charge in [0, 0.05) is 12.4 Å². The molecule has 0 aliphatic heterocycles. The molecule has 7 nitrogen and oxygen atoms in total. The molecule has 1 aromatic carbocycles. The monoisotopic (exact) mass is 408 g/mol. The van der Waals surface area contributed by atoms with Gasteiger partial charge < -0.3 is 24.2 Å². The molecule has 1 aromatic heterocycles. The van der Waals surface area contributed by atoms with Crippen molar-refractivity contribution in [2.75, 3.05) is 31.3 Å². The first kappa shape index (κ1) is 22.2. The van der Waals surface area contributed by atoms with Gasteiger partial charge in [0.05, 0.1) is 37.7 Å². The average Bonchev–Trinajstić information content (AvgIpc) is 2.66. The summed E-state index contributed by atoms with van der Waals surface area (Å²) in [5, 5.41) is 13.6. The fraction of sp³-hybridized carbons (Fsp3) is 0.450. The lowest BCUT2D eigenvalue weighted by Crippen LogP contribution is -2.18. The van der Waals surface area contributed by atoms with Gasteiger partial charge in [-0.1, -0.05) is 6.07 Å². The molecule has 0 fully saturated rings. The number of nitrogens with zero attached hydrogens (tertiary/aromatic N) is 1. The normalized spacial score (nSPS) is 12.6. The fourth-order valence-corrected chi connectivity index (χ4v) is 4.71. The Bertz CT molecular complexity index is 791. The first-order chi connectivity index (χ1) is 13.4.